The van der Waals surface area contributed by atoms with Crippen LogP contribution in [0.1, 0.15) is 18.4 Å². The molecule has 1 aliphatic carbocycles. The number of benzene rings is 2. The van der Waals surface area contributed by atoms with E-state index in [1.54, 1.807) is 7.11 Å². The van der Waals surface area contributed by atoms with E-state index in [4.69, 9.17) is 4.74 Å². The fourth-order valence-corrected chi connectivity index (χ4v) is 2.26. The van der Waals surface area contributed by atoms with Gasteiger partial charge < -0.3 is 10.1 Å². The van der Waals surface area contributed by atoms with Gasteiger partial charge in [-0.3, -0.25) is 0 Å². The molecule has 2 nitrogen and oxygen atoms in total. The van der Waals surface area contributed by atoms with Gasteiger partial charge in [0.15, 0.2) is 0 Å². The van der Waals surface area contributed by atoms with Crippen molar-refractivity contribution in [3.05, 3.63) is 42.0 Å². The van der Waals surface area contributed by atoms with Gasteiger partial charge in [-0.1, -0.05) is 24.3 Å². The van der Waals surface area contributed by atoms with Crippen molar-refractivity contribution < 1.29 is 4.74 Å². The summed E-state index contributed by atoms with van der Waals surface area (Å²) in [6.07, 6.45) is 3.83. The highest BCUT2D eigenvalue weighted by Crippen LogP contribution is 2.22. The molecule has 0 radical (unpaired) electrons. The number of nitrogens with one attached hydrogen (secondary N) is 1. The highest BCUT2D eigenvalue weighted by Gasteiger charge is 2.19. The van der Waals surface area contributed by atoms with Gasteiger partial charge in [0.05, 0.1) is 7.11 Å². The van der Waals surface area contributed by atoms with Gasteiger partial charge in [-0.2, -0.15) is 0 Å². The summed E-state index contributed by atoms with van der Waals surface area (Å²) in [5.41, 5.74) is 1.40. The molecule has 2 aromatic carbocycles. The lowest BCUT2D eigenvalue weighted by Gasteiger charge is -2.06. The Morgan fingerprint density at radius 1 is 1.11 bits per heavy atom. The summed E-state index contributed by atoms with van der Waals surface area (Å²) in [5.74, 6) is 0.922. The molecule has 1 N–H and O–H groups in total. The molecular formula is C16H19NO. The zero-order chi connectivity index (χ0) is 12.4. The molecular weight excluding hydrogens is 222 g/mol. The zero-order valence-corrected chi connectivity index (χ0v) is 10.8. The molecule has 1 aliphatic rings. The second kappa shape index (κ2) is 4.99. The van der Waals surface area contributed by atoms with Crippen LogP contribution in [0.5, 0.6) is 5.75 Å². The summed E-state index contributed by atoms with van der Waals surface area (Å²) in [5, 5.41) is 6.09. The maximum atomic E-state index is 5.24. The van der Waals surface area contributed by atoms with Crippen molar-refractivity contribution >= 4 is 10.8 Å². The zero-order valence-electron chi connectivity index (χ0n) is 10.8. The number of rotatable bonds is 5. The molecule has 0 aromatic heterocycles. The molecule has 2 aromatic rings. The number of ether oxygens (including phenoxy) is 1. The fraction of sp³-hybridized carbons (Fsp3) is 0.375. The maximum Gasteiger partial charge on any atom is 0.119 e. The summed E-state index contributed by atoms with van der Waals surface area (Å²) >= 11 is 0. The molecule has 94 valence electrons. The number of hydrogen-bond donors (Lipinski definition) is 1. The lowest BCUT2D eigenvalue weighted by atomic mass is 10.0. The van der Waals surface area contributed by atoms with Crippen molar-refractivity contribution in [3.63, 3.8) is 0 Å². The lowest BCUT2D eigenvalue weighted by molar-refractivity contribution is 0.415. The quantitative estimate of drug-likeness (QED) is 0.868. The highest BCUT2D eigenvalue weighted by atomic mass is 16.5. The molecule has 1 fully saturated rings. The van der Waals surface area contributed by atoms with Crippen molar-refractivity contribution in [3.8, 4) is 5.75 Å². The minimum atomic E-state index is 0.801. The minimum absolute atomic E-state index is 0.801. The van der Waals surface area contributed by atoms with Crippen molar-refractivity contribution in [2.24, 2.45) is 0 Å². The first kappa shape index (κ1) is 11.5. The predicted molar refractivity (Wildman–Crippen MR) is 75.2 cm³/mol. The molecule has 0 unspecified atom stereocenters. The third-order valence-electron chi connectivity index (χ3n) is 3.54. The summed E-state index contributed by atoms with van der Waals surface area (Å²) in [6, 6.07) is 13.7. The van der Waals surface area contributed by atoms with Crippen LogP contribution in [0.25, 0.3) is 10.8 Å². The van der Waals surface area contributed by atoms with Gasteiger partial charge in [0.1, 0.15) is 5.75 Å². The predicted octanol–water partition coefficient (Wildman–Crippen LogP) is 3.14. The largest absolute Gasteiger partial charge is 0.497 e. The Kier molecular flexibility index (Phi) is 3.20. The van der Waals surface area contributed by atoms with Crippen molar-refractivity contribution in [2.75, 3.05) is 13.7 Å². The Labute approximate surface area is 108 Å². The van der Waals surface area contributed by atoms with Crippen LogP contribution in [0.2, 0.25) is 0 Å². The third-order valence-corrected chi connectivity index (χ3v) is 3.54. The summed E-state index contributed by atoms with van der Waals surface area (Å²) in [4.78, 5) is 0. The third kappa shape index (κ3) is 2.65. The van der Waals surface area contributed by atoms with Crippen molar-refractivity contribution in [1.29, 1.82) is 0 Å². The van der Waals surface area contributed by atoms with E-state index >= 15 is 0 Å². The Balaban J connectivity index is 1.73. The van der Waals surface area contributed by atoms with Crippen LogP contribution < -0.4 is 10.1 Å². The summed E-state index contributed by atoms with van der Waals surface area (Å²) < 4.78 is 5.24. The standard InChI is InChI=1S/C16H19NO/c1-18-16-7-4-13-10-12(2-3-14(13)11-16)8-9-17-15-5-6-15/h2-4,7,10-11,15,17H,5-6,8-9H2,1H3. The number of methoxy groups -OCH3 is 1. The number of hydrogen-bond acceptors (Lipinski definition) is 2. The molecule has 0 amide bonds. The van der Waals surface area contributed by atoms with Crippen LogP contribution in [0, 0.1) is 0 Å². The maximum absolute atomic E-state index is 5.24. The second-order valence-corrected chi connectivity index (χ2v) is 5.03. The van der Waals surface area contributed by atoms with E-state index in [0.29, 0.717) is 0 Å². The molecule has 0 spiro atoms. The first-order valence-electron chi connectivity index (χ1n) is 6.65. The summed E-state index contributed by atoms with van der Waals surface area (Å²) in [7, 11) is 1.71. The smallest absolute Gasteiger partial charge is 0.119 e. The van der Waals surface area contributed by atoms with Gasteiger partial charge >= 0.3 is 0 Å². The van der Waals surface area contributed by atoms with Crippen LogP contribution in [0.4, 0.5) is 0 Å². The monoisotopic (exact) mass is 241 g/mol. The molecule has 0 heterocycles. The Morgan fingerprint density at radius 3 is 2.67 bits per heavy atom. The van der Waals surface area contributed by atoms with Gasteiger partial charge in [0.25, 0.3) is 0 Å². The first-order chi connectivity index (χ1) is 8.85. The van der Waals surface area contributed by atoms with Gasteiger partial charge in [-0.15, -0.1) is 0 Å². The molecule has 18 heavy (non-hydrogen) atoms. The van der Waals surface area contributed by atoms with Gasteiger partial charge in [-0.25, -0.2) is 0 Å². The van der Waals surface area contributed by atoms with Crippen molar-refractivity contribution in [2.45, 2.75) is 25.3 Å². The average molecular weight is 241 g/mol. The molecule has 0 atom stereocenters. The average Bonchev–Trinajstić information content (AvgIpc) is 3.22. The Bertz CT molecular complexity index is 546. The van der Waals surface area contributed by atoms with E-state index in [1.807, 2.05) is 6.07 Å². The molecule has 2 heteroatoms. The minimum Gasteiger partial charge on any atom is -0.497 e. The summed E-state index contributed by atoms with van der Waals surface area (Å²) in [6.45, 7) is 1.09. The van der Waals surface area contributed by atoms with E-state index in [-0.39, 0.29) is 0 Å². The van der Waals surface area contributed by atoms with Gasteiger partial charge in [-0.05, 0) is 54.3 Å². The Hall–Kier alpha value is -1.54. The fourth-order valence-electron chi connectivity index (χ4n) is 2.26. The molecule has 3 rings (SSSR count). The normalized spacial score (nSPS) is 14.9. The van der Waals surface area contributed by atoms with Gasteiger partial charge in [0.2, 0.25) is 0 Å². The van der Waals surface area contributed by atoms with Crippen LogP contribution >= 0.6 is 0 Å². The lowest BCUT2D eigenvalue weighted by Crippen LogP contribution is -2.19. The van der Waals surface area contributed by atoms with Crippen molar-refractivity contribution in [1.82, 2.24) is 5.32 Å². The van der Waals surface area contributed by atoms with E-state index in [1.165, 1.54) is 29.2 Å². The Morgan fingerprint density at radius 2 is 1.89 bits per heavy atom. The van der Waals surface area contributed by atoms with Crippen LogP contribution in [-0.4, -0.2) is 19.7 Å². The van der Waals surface area contributed by atoms with E-state index in [0.717, 1.165) is 24.8 Å². The first-order valence-corrected chi connectivity index (χ1v) is 6.65. The molecule has 0 aliphatic heterocycles. The SMILES string of the molecule is COc1ccc2cc(CCNC3CC3)ccc2c1. The van der Waals surface area contributed by atoms with E-state index in [2.05, 4.69) is 35.6 Å². The van der Waals surface area contributed by atoms with Crippen LogP contribution in [0.15, 0.2) is 36.4 Å². The van der Waals surface area contributed by atoms with E-state index in [9.17, 15) is 0 Å². The topological polar surface area (TPSA) is 21.3 Å². The van der Waals surface area contributed by atoms with E-state index < -0.39 is 0 Å². The molecule has 0 saturated heterocycles. The molecule has 1 saturated carbocycles. The van der Waals surface area contributed by atoms with Crippen LogP contribution in [-0.2, 0) is 6.42 Å². The second-order valence-electron chi connectivity index (χ2n) is 5.03. The van der Waals surface area contributed by atoms with Gasteiger partial charge in [0, 0.05) is 6.04 Å². The number of fused-ring (bicyclic) bond motifs is 1. The highest BCUT2D eigenvalue weighted by molar-refractivity contribution is 5.84. The molecule has 0 bridgehead atoms. The van der Waals surface area contributed by atoms with Crippen LogP contribution in [0.3, 0.4) is 0 Å².